The third-order valence-corrected chi connectivity index (χ3v) is 4.11. The van der Waals surface area contributed by atoms with E-state index in [0.29, 0.717) is 6.61 Å². The van der Waals surface area contributed by atoms with Crippen LogP contribution in [0.25, 0.3) is 0 Å². The number of esters is 1. The molecule has 0 aliphatic carbocycles. The smallest absolute Gasteiger partial charge is 0.335 e. The minimum atomic E-state index is -0.107. The van der Waals surface area contributed by atoms with Crippen LogP contribution in [0.4, 0.5) is 0 Å². The predicted molar refractivity (Wildman–Crippen MR) is 88.1 cm³/mol. The number of carbonyl (C=O) groups is 1. The summed E-state index contributed by atoms with van der Waals surface area (Å²) in [4.78, 5) is 12.0. The average Bonchev–Trinajstić information content (AvgIpc) is 3.00. The summed E-state index contributed by atoms with van der Waals surface area (Å²) in [6.45, 7) is 5.59. The van der Waals surface area contributed by atoms with Crippen LogP contribution in [0.1, 0.15) is 84.5 Å². The van der Waals surface area contributed by atoms with Crippen LogP contribution in [0.5, 0.6) is 0 Å². The number of carbonyl (C=O) groups excluding carboxylic acids is 1. The van der Waals surface area contributed by atoms with Gasteiger partial charge in [0.2, 0.25) is 0 Å². The highest BCUT2D eigenvalue weighted by Crippen LogP contribution is 2.21. The van der Waals surface area contributed by atoms with Gasteiger partial charge in [-0.25, -0.2) is 4.79 Å². The molecular weight excluding hydrogens is 262 g/mol. The van der Waals surface area contributed by atoms with E-state index in [0.717, 1.165) is 43.5 Å². The molecule has 3 heteroatoms. The van der Waals surface area contributed by atoms with Gasteiger partial charge < -0.3 is 10.1 Å². The van der Waals surface area contributed by atoms with Crippen molar-refractivity contribution >= 4 is 5.97 Å². The van der Waals surface area contributed by atoms with E-state index in [9.17, 15) is 4.79 Å². The fourth-order valence-corrected chi connectivity index (χ4v) is 2.88. The molecule has 0 radical (unpaired) electrons. The topological polar surface area (TPSA) is 38.3 Å². The molecule has 1 aliphatic heterocycles. The van der Waals surface area contributed by atoms with Crippen molar-refractivity contribution in [3.63, 3.8) is 0 Å². The lowest BCUT2D eigenvalue weighted by atomic mass is 10.0. The summed E-state index contributed by atoms with van der Waals surface area (Å²) in [5, 5.41) is 3.35. The Kier molecular flexibility index (Phi) is 10.0. The number of allylic oxidation sites excluding steroid dienone is 1. The Labute approximate surface area is 130 Å². The average molecular weight is 295 g/mol. The van der Waals surface area contributed by atoms with Crippen LogP contribution in [0.15, 0.2) is 11.3 Å². The Bertz CT molecular complexity index is 315. The second kappa shape index (κ2) is 11.6. The summed E-state index contributed by atoms with van der Waals surface area (Å²) in [5.41, 5.74) is 2.04. The molecule has 3 nitrogen and oxygen atoms in total. The number of hydrogen-bond acceptors (Lipinski definition) is 3. The van der Waals surface area contributed by atoms with Crippen molar-refractivity contribution in [2.24, 2.45) is 0 Å². The summed E-state index contributed by atoms with van der Waals surface area (Å²) >= 11 is 0. The zero-order chi connectivity index (χ0) is 15.3. The highest BCUT2D eigenvalue weighted by Gasteiger charge is 2.18. The predicted octanol–water partition coefficient (Wildman–Crippen LogP) is 4.72. The molecule has 21 heavy (non-hydrogen) atoms. The minimum absolute atomic E-state index is 0.107. The van der Waals surface area contributed by atoms with Gasteiger partial charge in [-0.1, -0.05) is 51.9 Å². The number of hydrogen-bond donors (Lipinski definition) is 1. The van der Waals surface area contributed by atoms with Gasteiger partial charge in [0.15, 0.2) is 0 Å². The van der Waals surface area contributed by atoms with Crippen LogP contribution in [-0.4, -0.2) is 19.1 Å². The maximum atomic E-state index is 12.0. The lowest BCUT2D eigenvalue weighted by Crippen LogP contribution is -2.15. The van der Waals surface area contributed by atoms with E-state index < -0.39 is 0 Å². The Balaban J connectivity index is 2.24. The molecular formula is C18H33NO2. The molecule has 1 saturated heterocycles. The van der Waals surface area contributed by atoms with E-state index in [1.54, 1.807) is 0 Å². The first kappa shape index (κ1) is 18.1. The van der Waals surface area contributed by atoms with Crippen molar-refractivity contribution in [3.8, 4) is 0 Å². The van der Waals surface area contributed by atoms with Gasteiger partial charge in [-0.2, -0.15) is 0 Å². The van der Waals surface area contributed by atoms with Crippen LogP contribution in [0.3, 0.4) is 0 Å². The van der Waals surface area contributed by atoms with E-state index in [1.807, 2.05) is 6.92 Å². The highest BCUT2D eigenvalue weighted by molar-refractivity contribution is 5.89. The number of unbranched alkanes of at least 4 members (excludes halogenated alkanes) is 7. The van der Waals surface area contributed by atoms with Gasteiger partial charge in [0.25, 0.3) is 0 Å². The summed E-state index contributed by atoms with van der Waals surface area (Å²) in [7, 11) is 0. The fourth-order valence-electron chi connectivity index (χ4n) is 2.88. The van der Waals surface area contributed by atoms with Crippen molar-refractivity contribution < 1.29 is 9.53 Å². The molecule has 1 heterocycles. The van der Waals surface area contributed by atoms with E-state index >= 15 is 0 Å². The number of rotatable bonds is 11. The maximum absolute atomic E-state index is 12.0. The molecule has 0 atom stereocenters. The second-order valence-corrected chi connectivity index (χ2v) is 5.93. The van der Waals surface area contributed by atoms with E-state index in [2.05, 4.69) is 12.2 Å². The van der Waals surface area contributed by atoms with Crippen molar-refractivity contribution in [2.75, 3.05) is 13.2 Å². The van der Waals surface area contributed by atoms with Crippen LogP contribution in [0.2, 0.25) is 0 Å². The van der Waals surface area contributed by atoms with E-state index in [1.165, 1.54) is 44.9 Å². The zero-order valence-corrected chi connectivity index (χ0v) is 14.0. The Morgan fingerprint density at radius 2 is 1.71 bits per heavy atom. The molecule has 1 aliphatic rings. The first-order valence-corrected chi connectivity index (χ1v) is 8.92. The van der Waals surface area contributed by atoms with Crippen molar-refractivity contribution in [1.82, 2.24) is 5.32 Å². The molecule has 0 aromatic rings. The summed E-state index contributed by atoms with van der Waals surface area (Å²) in [5.74, 6) is -0.107. The van der Waals surface area contributed by atoms with Gasteiger partial charge in [-0.3, -0.25) is 0 Å². The number of nitrogens with one attached hydrogen (secondary N) is 1. The van der Waals surface area contributed by atoms with Crippen LogP contribution >= 0.6 is 0 Å². The van der Waals surface area contributed by atoms with Crippen molar-refractivity contribution in [3.05, 3.63) is 11.3 Å². The SMILES string of the molecule is CCCCCCCCCC/C(C(=O)OCC)=C1\CCCN1. The summed E-state index contributed by atoms with van der Waals surface area (Å²) < 4.78 is 5.20. The third-order valence-electron chi connectivity index (χ3n) is 4.11. The van der Waals surface area contributed by atoms with Crippen LogP contribution in [-0.2, 0) is 9.53 Å². The molecule has 0 bridgehead atoms. The molecule has 0 aromatic carbocycles. The largest absolute Gasteiger partial charge is 0.463 e. The molecule has 122 valence electrons. The van der Waals surface area contributed by atoms with Gasteiger partial charge in [-0.05, 0) is 32.6 Å². The molecule has 0 spiro atoms. The van der Waals surface area contributed by atoms with Crippen LogP contribution < -0.4 is 5.32 Å². The number of ether oxygens (including phenoxy) is 1. The van der Waals surface area contributed by atoms with Gasteiger partial charge >= 0.3 is 5.97 Å². The summed E-state index contributed by atoms with van der Waals surface area (Å²) in [6, 6.07) is 0. The van der Waals surface area contributed by atoms with Crippen LogP contribution in [0, 0.1) is 0 Å². The van der Waals surface area contributed by atoms with E-state index in [-0.39, 0.29) is 5.97 Å². The lowest BCUT2D eigenvalue weighted by molar-refractivity contribution is -0.138. The Morgan fingerprint density at radius 3 is 2.29 bits per heavy atom. The molecule has 0 saturated carbocycles. The molecule has 1 N–H and O–H groups in total. The Morgan fingerprint density at radius 1 is 1.05 bits per heavy atom. The standard InChI is InChI=1S/C18H33NO2/c1-3-5-6-7-8-9-10-11-13-16(18(20)21-4-2)17-14-12-15-19-17/h19H,3-15H2,1-2H3/b17-16-. The fraction of sp³-hybridized carbons (Fsp3) is 0.833. The first-order chi connectivity index (χ1) is 10.3. The van der Waals surface area contributed by atoms with Gasteiger partial charge in [0.05, 0.1) is 12.2 Å². The molecule has 0 aromatic heterocycles. The van der Waals surface area contributed by atoms with E-state index in [4.69, 9.17) is 4.74 Å². The summed E-state index contributed by atoms with van der Waals surface area (Å²) in [6.07, 6.45) is 13.4. The van der Waals surface area contributed by atoms with Gasteiger partial charge in [-0.15, -0.1) is 0 Å². The molecule has 0 unspecified atom stereocenters. The zero-order valence-electron chi connectivity index (χ0n) is 14.0. The monoisotopic (exact) mass is 295 g/mol. The first-order valence-electron chi connectivity index (χ1n) is 8.92. The van der Waals surface area contributed by atoms with Crippen molar-refractivity contribution in [2.45, 2.75) is 84.5 Å². The molecule has 0 amide bonds. The third kappa shape index (κ3) is 7.54. The highest BCUT2D eigenvalue weighted by atomic mass is 16.5. The molecule has 1 fully saturated rings. The second-order valence-electron chi connectivity index (χ2n) is 5.93. The quantitative estimate of drug-likeness (QED) is 0.340. The minimum Gasteiger partial charge on any atom is -0.463 e. The Hall–Kier alpha value is -0.990. The lowest BCUT2D eigenvalue weighted by Gasteiger charge is -2.11. The maximum Gasteiger partial charge on any atom is 0.335 e. The van der Waals surface area contributed by atoms with Gasteiger partial charge in [0, 0.05) is 12.2 Å². The molecule has 1 rings (SSSR count). The van der Waals surface area contributed by atoms with Gasteiger partial charge in [0.1, 0.15) is 0 Å². The van der Waals surface area contributed by atoms with Crippen molar-refractivity contribution in [1.29, 1.82) is 0 Å². The normalized spacial score (nSPS) is 16.7.